The van der Waals surface area contributed by atoms with Crippen molar-refractivity contribution in [3.8, 4) is 16.9 Å². The van der Waals surface area contributed by atoms with E-state index < -0.39 is 0 Å². The lowest BCUT2D eigenvalue weighted by Crippen LogP contribution is -2.18. The molecule has 3 heteroatoms. The highest BCUT2D eigenvalue weighted by atomic mass is 16.1. The van der Waals surface area contributed by atoms with Gasteiger partial charge in [-0.2, -0.15) is 0 Å². The Bertz CT molecular complexity index is 798. The first-order valence-electron chi connectivity index (χ1n) is 7.61. The summed E-state index contributed by atoms with van der Waals surface area (Å²) in [5, 5.41) is 3.29. The summed E-state index contributed by atoms with van der Waals surface area (Å²) in [6.07, 6.45) is 0.763. The van der Waals surface area contributed by atoms with Gasteiger partial charge in [0.1, 0.15) is 0 Å². The fraction of sp³-hybridized carbons (Fsp3) is 0.211. The number of nitrogens with zero attached hydrogens (tertiary/aromatic N) is 1. The van der Waals surface area contributed by atoms with Crippen molar-refractivity contribution in [3.63, 3.8) is 0 Å². The molecule has 0 atom stereocenters. The predicted molar refractivity (Wildman–Crippen MR) is 90.4 cm³/mol. The largest absolute Gasteiger partial charge is 0.290 e. The van der Waals surface area contributed by atoms with Crippen molar-refractivity contribution in [2.75, 3.05) is 0 Å². The van der Waals surface area contributed by atoms with Gasteiger partial charge in [-0.15, -0.1) is 0 Å². The second-order valence-electron chi connectivity index (χ2n) is 5.91. The van der Waals surface area contributed by atoms with Crippen molar-refractivity contribution in [2.24, 2.45) is 5.92 Å². The molecule has 3 rings (SSSR count). The molecule has 0 saturated heterocycles. The van der Waals surface area contributed by atoms with E-state index in [0.29, 0.717) is 5.92 Å². The molecule has 112 valence electrons. The van der Waals surface area contributed by atoms with Crippen molar-refractivity contribution < 1.29 is 0 Å². The highest BCUT2D eigenvalue weighted by Gasteiger charge is 2.17. The van der Waals surface area contributed by atoms with Crippen molar-refractivity contribution in [1.82, 2.24) is 9.78 Å². The molecule has 1 heterocycles. The molecule has 0 saturated carbocycles. The number of H-pyrrole nitrogens is 1. The first-order chi connectivity index (χ1) is 10.7. The van der Waals surface area contributed by atoms with Gasteiger partial charge in [0.05, 0.1) is 11.4 Å². The van der Waals surface area contributed by atoms with Crippen LogP contribution in [-0.4, -0.2) is 9.78 Å². The number of benzene rings is 2. The summed E-state index contributed by atoms with van der Waals surface area (Å²) in [5.41, 5.74) is 3.72. The Morgan fingerprint density at radius 1 is 0.955 bits per heavy atom. The van der Waals surface area contributed by atoms with Crippen LogP contribution in [0.1, 0.15) is 19.4 Å². The molecule has 0 bridgehead atoms. The van der Waals surface area contributed by atoms with Crippen molar-refractivity contribution in [1.29, 1.82) is 0 Å². The number of aromatic nitrogens is 2. The van der Waals surface area contributed by atoms with E-state index in [1.165, 1.54) is 0 Å². The molecule has 2 aromatic carbocycles. The van der Waals surface area contributed by atoms with Crippen LogP contribution in [0.2, 0.25) is 0 Å². The van der Waals surface area contributed by atoms with Crippen LogP contribution in [0.4, 0.5) is 0 Å². The zero-order valence-electron chi connectivity index (χ0n) is 12.9. The summed E-state index contributed by atoms with van der Waals surface area (Å²) < 4.78 is 1.64. The van der Waals surface area contributed by atoms with Crippen LogP contribution in [0.3, 0.4) is 0 Å². The molecule has 0 fully saturated rings. The molecular formula is C19H20N2O. The van der Waals surface area contributed by atoms with E-state index in [9.17, 15) is 4.79 Å². The van der Waals surface area contributed by atoms with E-state index in [-0.39, 0.29) is 5.56 Å². The maximum atomic E-state index is 12.8. The molecule has 0 radical (unpaired) electrons. The highest BCUT2D eigenvalue weighted by molar-refractivity contribution is 5.63. The number of nitrogens with one attached hydrogen (secondary N) is 1. The predicted octanol–water partition coefficient (Wildman–Crippen LogP) is 4.03. The Morgan fingerprint density at radius 3 is 2.14 bits per heavy atom. The third kappa shape index (κ3) is 2.75. The molecule has 0 aliphatic rings. The maximum Gasteiger partial charge on any atom is 0.275 e. The van der Waals surface area contributed by atoms with Crippen LogP contribution in [0.25, 0.3) is 16.9 Å². The minimum Gasteiger partial charge on any atom is -0.290 e. The summed E-state index contributed by atoms with van der Waals surface area (Å²) in [5.74, 6) is 0.426. The zero-order valence-corrected chi connectivity index (χ0v) is 12.9. The Labute approximate surface area is 130 Å². The fourth-order valence-corrected chi connectivity index (χ4v) is 2.67. The van der Waals surface area contributed by atoms with E-state index in [1.807, 2.05) is 60.7 Å². The van der Waals surface area contributed by atoms with Crippen molar-refractivity contribution >= 4 is 0 Å². The van der Waals surface area contributed by atoms with Crippen LogP contribution in [0, 0.1) is 5.92 Å². The SMILES string of the molecule is CC(C)Cc1c(-c2ccccc2)[nH]n(-c2ccccc2)c1=O. The fourth-order valence-electron chi connectivity index (χ4n) is 2.67. The number of hydrogen-bond donors (Lipinski definition) is 1. The van der Waals surface area contributed by atoms with Gasteiger partial charge in [0.15, 0.2) is 0 Å². The number of aromatic amines is 1. The van der Waals surface area contributed by atoms with Crippen LogP contribution in [0.5, 0.6) is 0 Å². The maximum absolute atomic E-state index is 12.8. The van der Waals surface area contributed by atoms with E-state index in [1.54, 1.807) is 4.68 Å². The Hall–Kier alpha value is -2.55. The average Bonchev–Trinajstić information content (AvgIpc) is 2.86. The van der Waals surface area contributed by atoms with E-state index in [4.69, 9.17) is 0 Å². The highest BCUT2D eigenvalue weighted by Crippen LogP contribution is 2.22. The van der Waals surface area contributed by atoms with Gasteiger partial charge < -0.3 is 0 Å². The number of rotatable bonds is 4. The molecule has 0 unspecified atom stereocenters. The molecule has 0 amide bonds. The molecular weight excluding hydrogens is 272 g/mol. The lowest BCUT2D eigenvalue weighted by molar-refractivity contribution is 0.644. The molecule has 1 aromatic heterocycles. The van der Waals surface area contributed by atoms with Crippen LogP contribution in [0.15, 0.2) is 65.5 Å². The minimum atomic E-state index is 0.0405. The Balaban J connectivity index is 2.19. The number of para-hydroxylation sites is 1. The van der Waals surface area contributed by atoms with Gasteiger partial charge in [0.25, 0.3) is 5.56 Å². The minimum absolute atomic E-state index is 0.0405. The quantitative estimate of drug-likeness (QED) is 0.774. The summed E-state index contributed by atoms with van der Waals surface area (Å²) >= 11 is 0. The normalized spacial score (nSPS) is 11.0. The van der Waals surface area contributed by atoms with Crippen molar-refractivity contribution in [3.05, 3.63) is 76.6 Å². The van der Waals surface area contributed by atoms with E-state index >= 15 is 0 Å². The lowest BCUT2D eigenvalue weighted by Gasteiger charge is -2.04. The third-order valence-electron chi connectivity index (χ3n) is 3.68. The summed E-state index contributed by atoms with van der Waals surface area (Å²) in [7, 11) is 0. The first-order valence-corrected chi connectivity index (χ1v) is 7.61. The molecule has 0 aliphatic carbocycles. The molecule has 0 aliphatic heterocycles. The molecule has 0 spiro atoms. The lowest BCUT2D eigenvalue weighted by atomic mass is 10.00. The van der Waals surface area contributed by atoms with Gasteiger partial charge in [-0.05, 0) is 30.0 Å². The van der Waals surface area contributed by atoms with E-state index in [0.717, 1.165) is 28.9 Å². The molecule has 22 heavy (non-hydrogen) atoms. The standard InChI is InChI=1S/C19H20N2O/c1-14(2)13-17-18(15-9-5-3-6-10-15)20-21(19(17)22)16-11-7-4-8-12-16/h3-12,14,20H,13H2,1-2H3. The van der Waals surface area contributed by atoms with Crippen molar-refractivity contribution in [2.45, 2.75) is 20.3 Å². The smallest absolute Gasteiger partial charge is 0.275 e. The number of hydrogen-bond acceptors (Lipinski definition) is 1. The van der Waals surface area contributed by atoms with Crippen LogP contribution < -0.4 is 5.56 Å². The van der Waals surface area contributed by atoms with E-state index in [2.05, 4.69) is 18.9 Å². The Kier molecular flexibility index (Phi) is 3.96. The summed E-state index contributed by atoms with van der Waals surface area (Å²) in [4.78, 5) is 12.8. The third-order valence-corrected chi connectivity index (χ3v) is 3.68. The molecule has 1 N–H and O–H groups in total. The molecule has 3 nitrogen and oxygen atoms in total. The van der Waals surface area contributed by atoms with Crippen LogP contribution >= 0.6 is 0 Å². The summed E-state index contributed by atoms with van der Waals surface area (Å²) in [6, 6.07) is 19.7. The van der Waals surface area contributed by atoms with Gasteiger partial charge in [-0.25, -0.2) is 4.68 Å². The van der Waals surface area contributed by atoms with Gasteiger partial charge in [-0.3, -0.25) is 9.89 Å². The monoisotopic (exact) mass is 292 g/mol. The Morgan fingerprint density at radius 2 is 1.55 bits per heavy atom. The zero-order chi connectivity index (χ0) is 15.5. The first kappa shape index (κ1) is 14.4. The second-order valence-corrected chi connectivity index (χ2v) is 5.91. The van der Waals surface area contributed by atoms with Gasteiger partial charge in [-0.1, -0.05) is 62.4 Å². The average molecular weight is 292 g/mol. The molecule has 3 aromatic rings. The topological polar surface area (TPSA) is 37.8 Å². The summed E-state index contributed by atoms with van der Waals surface area (Å²) in [6.45, 7) is 4.27. The van der Waals surface area contributed by atoms with Crippen LogP contribution in [-0.2, 0) is 6.42 Å². The van der Waals surface area contributed by atoms with Gasteiger partial charge in [0, 0.05) is 5.56 Å². The van der Waals surface area contributed by atoms with Gasteiger partial charge >= 0.3 is 0 Å². The second kappa shape index (κ2) is 6.06. The van der Waals surface area contributed by atoms with Gasteiger partial charge in [0.2, 0.25) is 0 Å².